The summed E-state index contributed by atoms with van der Waals surface area (Å²) in [7, 11) is 1.30. The minimum absolute atomic E-state index is 0.0200. The minimum atomic E-state index is -0.958. The lowest BCUT2D eigenvalue weighted by molar-refractivity contribution is -0.384. The number of hydrogen-bond acceptors (Lipinski definition) is 7. The number of carbonyl (C=O) groups is 3. The summed E-state index contributed by atoms with van der Waals surface area (Å²) in [5.74, 6) is -0.520. The van der Waals surface area contributed by atoms with E-state index in [1.54, 1.807) is 20.8 Å². The van der Waals surface area contributed by atoms with Crippen molar-refractivity contribution >= 4 is 23.7 Å². The van der Waals surface area contributed by atoms with Crippen LogP contribution < -0.4 is 10.1 Å². The Kier molecular flexibility index (Phi) is 5.92. The van der Waals surface area contributed by atoms with Crippen LogP contribution in [0.15, 0.2) is 24.3 Å². The first-order valence-corrected chi connectivity index (χ1v) is 10.4. The molecule has 2 fully saturated rings. The van der Waals surface area contributed by atoms with Crippen LogP contribution in [0.2, 0.25) is 0 Å². The maximum atomic E-state index is 13.5. The van der Waals surface area contributed by atoms with Gasteiger partial charge in [-0.3, -0.25) is 14.9 Å². The molecule has 1 heterocycles. The molecule has 174 valence electrons. The fourth-order valence-electron chi connectivity index (χ4n) is 4.61. The first kappa shape index (κ1) is 23.5. The van der Waals surface area contributed by atoms with Gasteiger partial charge in [0.1, 0.15) is 17.8 Å². The fraction of sp³-hybridized carbons (Fsp3) is 0.591. The SMILES string of the molecule is COC(=O)[C@@H]1C2C(CN1C(=O)[C@@H](NC(=O)Oc1ccc([N+](=O)[O-])cc1)C(C)(C)C)C2(C)C. The van der Waals surface area contributed by atoms with Crippen molar-refractivity contribution in [3.05, 3.63) is 34.4 Å². The smallest absolute Gasteiger partial charge is 0.413 e. The van der Waals surface area contributed by atoms with E-state index in [0.717, 1.165) is 0 Å². The lowest BCUT2D eigenvalue weighted by atomic mass is 9.85. The molecule has 1 saturated heterocycles. The number of nitro groups is 1. The van der Waals surface area contributed by atoms with E-state index < -0.39 is 34.5 Å². The van der Waals surface area contributed by atoms with Crippen LogP contribution in [0.1, 0.15) is 34.6 Å². The van der Waals surface area contributed by atoms with Crippen LogP contribution >= 0.6 is 0 Å². The molecule has 10 heteroatoms. The standard InChI is InChI=1S/C22H29N3O7/c1-21(2,3)17(23-20(28)32-13-9-7-12(8-10-13)25(29)30)18(26)24-11-14-15(22(14,4)5)16(24)19(27)31-6/h7-10,14-17H,11H2,1-6H3,(H,23,28)/t14?,15?,16-,17+/m0/s1. The number of methoxy groups -OCH3 is 1. The Labute approximate surface area is 186 Å². The molecule has 0 spiro atoms. The first-order valence-electron chi connectivity index (χ1n) is 10.4. The van der Waals surface area contributed by atoms with Crippen LogP contribution in [0.4, 0.5) is 10.5 Å². The monoisotopic (exact) mass is 447 g/mol. The van der Waals surface area contributed by atoms with E-state index in [-0.39, 0.29) is 34.6 Å². The topological polar surface area (TPSA) is 128 Å². The summed E-state index contributed by atoms with van der Waals surface area (Å²) < 4.78 is 10.2. The Morgan fingerprint density at radius 1 is 1.22 bits per heavy atom. The quantitative estimate of drug-likeness (QED) is 0.417. The van der Waals surface area contributed by atoms with Gasteiger partial charge in [0, 0.05) is 24.6 Å². The molecular weight excluding hydrogens is 418 g/mol. The van der Waals surface area contributed by atoms with E-state index in [1.807, 2.05) is 0 Å². The Hall–Kier alpha value is -3.17. The van der Waals surface area contributed by atoms with Gasteiger partial charge in [-0.05, 0) is 28.9 Å². The van der Waals surface area contributed by atoms with Crippen LogP contribution in [0.5, 0.6) is 5.75 Å². The number of ether oxygens (including phenoxy) is 2. The molecule has 1 saturated carbocycles. The van der Waals surface area contributed by atoms with Gasteiger partial charge in [-0.1, -0.05) is 34.6 Å². The van der Waals surface area contributed by atoms with Gasteiger partial charge in [0.25, 0.3) is 5.69 Å². The van der Waals surface area contributed by atoms with Gasteiger partial charge in [0.2, 0.25) is 5.91 Å². The second-order valence-electron chi connectivity index (χ2n) is 10.00. The van der Waals surface area contributed by atoms with Crippen molar-refractivity contribution in [3.8, 4) is 5.75 Å². The summed E-state index contributed by atoms with van der Waals surface area (Å²) in [5, 5.41) is 13.4. The lowest BCUT2D eigenvalue weighted by Gasteiger charge is -2.36. The number of fused-ring (bicyclic) bond motifs is 1. The third-order valence-corrected chi connectivity index (χ3v) is 6.57. The van der Waals surface area contributed by atoms with Crippen LogP contribution in [0, 0.1) is 32.8 Å². The molecule has 3 rings (SSSR count). The van der Waals surface area contributed by atoms with E-state index in [2.05, 4.69) is 19.2 Å². The number of esters is 1. The highest BCUT2D eigenvalue weighted by molar-refractivity contribution is 5.91. The molecule has 0 aromatic heterocycles. The number of carbonyl (C=O) groups excluding carboxylic acids is 3. The van der Waals surface area contributed by atoms with Crippen molar-refractivity contribution < 1.29 is 28.8 Å². The predicted molar refractivity (Wildman–Crippen MR) is 114 cm³/mol. The largest absolute Gasteiger partial charge is 0.467 e. The Morgan fingerprint density at radius 2 is 1.81 bits per heavy atom. The van der Waals surface area contributed by atoms with Gasteiger partial charge >= 0.3 is 12.1 Å². The normalized spacial score (nSPS) is 24.2. The number of piperidine rings is 1. The number of likely N-dealkylation sites (tertiary alicyclic amines) is 1. The number of non-ortho nitro benzene ring substituents is 1. The maximum absolute atomic E-state index is 13.5. The van der Waals surface area contributed by atoms with E-state index >= 15 is 0 Å². The molecule has 4 atom stereocenters. The number of nitro benzene ring substituents is 1. The molecule has 2 amide bonds. The number of nitrogens with one attached hydrogen (secondary N) is 1. The molecule has 0 bridgehead atoms. The summed E-state index contributed by atoms with van der Waals surface area (Å²) in [5.41, 5.74) is -0.853. The lowest BCUT2D eigenvalue weighted by Crippen LogP contribution is -2.58. The zero-order valence-electron chi connectivity index (χ0n) is 19.1. The molecule has 1 aromatic rings. The number of hydrogen-bond donors (Lipinski definition) is 1. The molecule has 2 unspecified atom stereocenters. The van der Waals surface area contributed by atoms with Crippen molar-refractivity contribution in [2.45, 2.75) is 46.7 Å². The average Bonchev–Trinajstić information content (AvgIpc) is 3.04. The van der Waals surface area contributed by atoms with Gasteiger partial charge in [-0.25, -0.2) is 9.59 Å². The minimum Gasteiger partial charge on any atom is -0.467 e. The van der Waals surface area contributed by atoms with Gasteiger partial charge in [-0.15, -0.1) is 0 Å². The summed E-state index contributed by atoms with van der Waals surface area (Å²) in [4.78, 5) is 50.2. The second kappa shape index (κ2) is 8.07. The summed E-state index contributed by atoms with van der Waals surface area (Å²) in [6.45, 7) is 9.96. The van der Waals surface area contributed by atoms with E-state index in [0.29, 0.717) is 6.54 Å². The molecule has 0 radical (unpaired) electrons. The number of nitrogens with zero attached hydrogens (tertiary/aromatic N) is 2. The number of rotatable bonds is 5. The highest BCUT2D eigenvalue weighted by atomic mass is 16.6. The average molecular weight is 447 g/mol. The molecule has 1 aliphatic carbocycles. The van der Waals surface area contributed by atoms with Crippen LogP contribution in [-0.4, -0.2) is 53.5 Å². The highest BCUT2D eigenvalue weighted by Crippen LogP contribution is 2.65. The van der Waals surface area contributed by atoms with Crippen molar-refractivity contribution in [2.24, 2.45) is 22.7 Å². The Balaban J connectivity index is 1.75. The second-order valence-corrected chi connectivity index (χ2v) is 10.00. The van der Waals surface area contributed by atoms with Crippen LogP contribution in [0.3, 0.4) is 0 Å². The Bertz CT molecular complexity index is 936. The van der Waals surface area contributed by atoms with Crippen molar-refractivity contribution in [2.75, 3.05) is 13.7 Å². The van der Waals surface area contributed by atoms with E-state index in [1.165, 1.54) is 36.3 Å². The van der Waals surface area contributed by atoms with Crippen LogP contribution in [0.25, 0.3) is 0 Å². The van der Waals surface area contributed by atoms with Gasteiger partial charge in [0.15, 0.2) is 0 Å². The first-order chi connectivity index (χ1) is 14.8. The fourth-order valence-corrected chi connectivity index (χ4v) is 4.61. The van der Waals surface area contributed by atoms with Gasteiger partial charge < -0.3 is 19.7 Å². The maximum Gasteiger partial charge on any atom is 0.413 e. The van der Waals surface area contributed by atoms with E-state index in [4.69, 9.17) is 9.47 Å². The Morgan fingerprint density at radius 3 is 2.31 bits per heavy atom. The molecule has 1 aliphatic heterocycles. The molecule has 10 nitrogen and oxygen atoms in total. The zero-order chi connectivity index (χ0) is 24.0. The van der Waals surface area contributed by atoms with Crippen molar-refractivity contribution in [1.29, 1.82) is 0 Å². The van der Waals surface area contributed by atoms with Gasteiger partial charge in [-0.2, -0.15) is 0 Å². The summed E-state index contributed by atoms with van der Waals surface area (Å²) in [6, 6.07) is 3.39. The van der Waals surface area contributed by atoms with Gasteiger partial charge in [0.05, 0.1) is 12.0 Å². The van der Waals surface area contributed by atoms with Crippen LogP contribution in [-0.2, 0) is 14.3 Å². The predicted octanol–water partition coefficient (Wildman–Crippen LogP) is 2.75. The molecule has 2 aliphatic rings. The summed E-state index contributed by atoms with van der Waals surface area (Å²) >= 11 is 0. The number of amides is 2. The number of benzene rings is 1. The molecule has 1 N–H and O–H groups in total. The molecular formula is C22H29N3O7. The third kappa shape index (κ3) is 4.26. The van der Waals surface area contributed by atoms with E-state index in [9.17, 15) is 24.5 Å². The van der Waals surface area contributed by atoms with Crippen molar-refractivity contribution in [1.82, 2.24) is 10.2 Å². The highest BCUT2D eigenvalue weighted by Gasteiger charge is 2.70. The molecule has 1 aromatic carbocycles. The van der Waals surface area contributed by atoms with Crippen molar-refractivity contribution in [3.63, 3.8) is 0 Å². The summed E-state index contributed by atoms with van der Waals surface area (Å²) in [6.07, 6.45) is -0.869. The third-order valence-electron chi connectivity index (χ3n) is 6.57. The zero-order valence-corrected chi connectivity index (χ0v) is 19.1. The molecule has 32 heavy (non-hydrogen) atoms.